The quantitative estimate of drug-likeness (QED) is 0.580. The minimum atomic E-state index is 0.761. The lowest BCUT2D eigenvalue weighted by atomic mass is 10.1. The van der Waals surface area contributed by atoms with Crippen molar-refractivity contribution in [3.63, 3.8) is 0 Å². The van der Waals surface area contributed by atoms with Crippen molar-refractivity contribution < 1.29 is 0 Å². The third-order valence-corrected chi connectivity index (χ3v) is 3.21. The minimum absolute atomic E-state index is 0.761. The molecule has 0 bridgehead atoms. The second-order valence-corrected chi connectivity index (χ2v) is 4.62. The number of benzene rings is 1. The van der Waals surface area contributed by atoms with Gasteiger partial charge in [0.2, 0.25) is 0 Å². The van der Waals surface area contributed by atoms with Crippen molar-refractivity contribution in [1.29, 1.82) is 0 Å². The molecule has 0 radical (unpaired) electrons. The molecule has 0 N–H and O–H groups in total. The molecule has 0 unspecified atom stereocenters. The van der Waals surface area contributed by atoms with Crippen LogP contribution in [-0.2, 0) is 6.42 Å². The standard InChI is InChI=1S/C15H16ClN/c1-2-3-7-13-12-14(16)8-9-15(13)17-10-5-4-6-11-17/h1,4-5,8-9,12H,3,6-7,10-11H2. The summed E-state index contributed by atoms with van der Waals surface area (Å²) >= 11 is 6.05. The molecule has 0 amide bonds. The molecule has 2 heteroatoms. The summed E-state index contributed by atoms with van der Waals surface area (Å²) in [5.41, 5.74) is 2.53. The molecule has 0 saturated heterocycles. The highest BCUT2D eigenvalue weighted by atomic mass is 35.5. The Bertz CT molecular complexity index is 456. The van der Waals surface area contributed by atoms with E-state index in [1.165, 1.54) is 11.3 Å². The van der Waals surface area contributed by atoms with Gasteiger partial charge in [0.05, 0.1) is 0 Å². The first-order chi connectivity index (χ1) is 8.31. The van der Waals surface area contributed by atoms with Crippen LogP contribution in [0.5, 0.6) is 0 Å². The first kappa shape index (κ1) is 12.1. The topological polar surface area (TPSA) is 3.24 Å². The first-order valence-corrected chi connectivity index (χ1v) is 6.31. The molecule has 88 valence electrons. The zero-order valence-corrected chi connectivity index (χ0v) is 10.6. The number of halogens is 1. The lowest BCUT2D eigenvalue weighted by Crippen LogP contribution is -2.27. The number of nitrogens with zero attached hydrogens (tertiary/aromatic N) is 1. The molecule has 0 atom stereocenters. The summed E-state index contributed by atoms with van der Waals surface area (Å²) in [6.07, 6.45) is 12.5. The summed E-state index contributed by atoms with van der Waals surface area (Å²) in [5.74, 6) is 2.69. The van der Waals surface area contributed by atoms with E-state index in [4.69, 9.17) is 18.0 Å². The van der Waals surface area contributed by atoms with Gasteiger partial charge in [-0.3, -0.25) is 0 Å². The summed E-state index contributed by atoms with van der Waals surface area (Å²) in [5, 5.41) is 0.785. The zero-order valence-electron chi connectivity index (χ0n) is 9.82. The maximum absolute atomic E-state index is 6.05. The minimum Gasteiger partial charge on any atom is -0.367 e. The van der Waals surface area contributed by atoms with Crippen LogP contribution < -0.4 is 4.90 Å². The molecule has 0 spiro atoms. The Kier molecular flexibility index (Phi) is 4.12. The smallest absolute Gasteiger partial charge is 0.0410 e. The van der Waals surface area contributed by atoms with Crippen LogP contribution in [0.3, 0.4) is 0 Å². The van der Waals surface area contributed by atoms with Crippen LogP contribution in [0.25, 0.3) is 0 Å². The van der Waals surface area contributed by atoms with Crippen LogP contribution in [0, 0.1) is 12.3 Å². The molecule has 1 nitrogen and oxygen atoms in total. The van der Waals surface area contributed by atoms with Crippen molar-refractivity contribution in [2.75, 3.05) is 18.0 Å². The molecule has 1 aliphatic rings. The second-order valence-electron chi connectivity index (χ2n) is 4.18. The molecule has 17 heavy (non-hydrogen) atoms. The average molecular weight is 246 g/mol. The maximum atomic E-state index is 6.05. The molecule has 0 aliphatic carbocycles. The van der Waals surface area contributed by atoms with Crippen molar-refractivity contribution in [1.82, 2.24) is 0 Å². The van der Waals surface area contributed by atoms with E-state index in [0.29, 0.717) is 0 Å². The van der Waals surface area contributed by atoms with Gasteiger partial charge in [-0.1, -0.05) is 23.8 Å². The fourth-order valence-electron chi connectivity index (χ4n) is 2.13. The van der Waals surface area contributed by atoms with Gasteiger partial charge >= 0.3 is 0 Å². The second kappa shape index (κ2) is 5.80. The highest BCUT2D eigenvalue weighted by Gasteiger charge is 2.11. The molecule has 1 aromatic carbocycles. The normalized spacial score (nSPS) is 14.7. The third kappa shape index (κ3) is 3.05. The molecule has 1 heterocycles. The van der Waals surface area contributed by atoms with Crippen LogP contribution >= 0.6 is 11.6 Å². The summed E-state index contributed by atoms with van der Waals surface area (Å²) in [4.78, 5) is 2.38. The Balaban J connectivity index is 2.25. The van der Waals surface area contributed by atoms with E-state index in [9.17, 15) is 0 Å². The number of rotatable bonds is 3. The van der Waals surface area contributed by atoms with Gasteiger partial charge in [0, 0.05) is 30.2 Å². The van der Waals surface area contributed by atoms with E-state index in [0.717, 1.165) is 37.4 Å². The van der Waals surface area contributed by atoms with Gasteiger partial charge in [-0.2, -0.15) is 0 Å². The van der Waals surface area contributed by atoms with Gasteiger partial charge in [-0.05, 0) is 36.6 Å². The number of hydrogen-bond donors (Lipinski definition) is 0. The monoisotopic (exact) mass is 245 g/mol. The van der Waals surface area contributed by atoms with Crippen LogP contribution in [0.2, 0.25) is 5.02 Å². The fourth-order valence-corrected chi connectivity index (χ4v) is 2.32. The van der Waals surface area contributed by atoms with Gasteiger partial charge < -0.3 is 4.90 Å². The summed E-state index contributed by atoms with van der Waals surface area (Å²) in [6, 6.07) is 6.09. The van der Waals surface area contributed by atoms with Crippen molar-refractivity contribution >= 4 is 17.3 Å². The number of aryl methyl sites for hydroxylation is 1. The summed E-state index contributed by atoms with van der Waals surface area (Å²) in [7, 11) is 0. The Morgan fingerprint density at radius 1 is 1.35 bits per heavy atom. The van der Waals surface area contributed by atoms with Crippen LogP contribution in [0.15, 0.2) is 30.4 Å². The van der Waals surface area contributed by atoms with E-state index >= 15 is 0 Å². The average Bonchev–Trinajstić information content (AvgIpc) is 2.37. The van der Waals surface area contributed by atoms with Crippen molar-refractivity contribution in [3.8, 4) is 12.3 Å². The molecule has 1 aliphatic heterocycles. The predicted molar refractivity (Wildman–Crippen MR) is 74.6 cm³/mol. The van der Waals surface area contributed by atoms with Gasteiger partial charge in [-0.15, -0.1) is 12.3 Å². The van der Waals surface area contributed by atoms with Crippen LogP contribution in [0.1, 0.15) is 18.4 Å². The van der Waals surface area contributed by atoms with Crippen molar-refractivity contribution in [3.05, 3.63) is 40.9 Å². The Morgan fingerprint density at radius 3 is 2.94 bits per heavy atom. The van der Waals surface area contributed by atoms with Crippen LogP contribution in [-0.4, -0.2) is 13.1 Å². The SMILES string of the molecule is C#CCCc1cc(Cl)ccc1N1CC=CCC1. The highest BCUT2D eigenvalue weighted by molar-refractivity contribution is 6.30. The Hall–Kier alpha value is -1.39. The Morgan fingerprint density at radius 2 is 2.24 bits per heavy atom. The lowest BCUT2D eigenvalue weighted by molar-refractivity contribution is 0.812. The predicted octanol–water partition coefficient (Wildman–Crippen LogP) is 3.67. The van der Waals surface area contributed by atoms with Gasteiger partial charge in [-0.25, -0.2) is 0 Å². The Labute approximate surface area is 108 Å². The van der Waals surface area contributed by atoms with Gasteiger partial charge in [0.15, 0.2) is 0 Å². The largest absolute Gasteiger partial charge is 0.367 e. The van der Waals surface area contributed by atoms with E-state index in [2.05, 4.69) is 29.0 Å². The number of terminal acetylenes is 1. The summed E-state index contributed by atoms with van der Waals surface area (Å²) in [6.45, 7) is 2.05. The molecule has 0 aromatic heterocycles. The van der Waals surface area contributed by atoms with Crippen molar-refractivity contribution in [2.45, 2.75) is 19.3 Å². The lowest BCUT2D eigenvalue weighted by Gasteiger charge is -2.28. The third-order valence-electron chi connectivity index (χ3n) is 2.98. The number of hydrogen-bond acceptors (Lipinski definition) is 1. The van der Waals surface area contributed by atoms with Gasteiger partial charge in [0.1, 0.15) is 0 Å². The van der Waals surface area contributed by atoms with E-state index < -0.39 is 0 Å². The molecular weight excluding hydrogens is 230 g/mol. The fraction of sp³-hybridized carbons (Fsp3) is 0.333. The highest BCUT2D eigenvalue weighted by Crippen LogP contribution is 2.26. The summed E-state index contributed by atoms with van der Waals surface area (Å²) < 4.78 is 0. The van der Waals surface area contributed by atoms with Gasteiger partial charge in [0.25, 0.3) is 0 Å². The van der Waals surface area contributed by atoms with Crippen LogP contribution in [0.4, 0.5) is 5.69 Å². The van der Waals surface area contributed by atoms with E-state index in [1.54, 1.807) is 0 Å². The molecule has 0 fully saturated rings. The van der Waals surface area contributed by atoms with Crippen molar-refractivity contribution in [2.24, 2.45) is 0 Å². The molecule has 0 saturated carbocycles. The molecule has 1 aromatic rings. The van der Waals surface area contributed by atoms with E-state index in [1.807, 2.05) is 12.1 Å². The molecule has 2 rings (SSSR count). The van der Waals surface area contributed by atoms with E-state index in [-0.39, 0.29) is 0 Å². The number of anilines is 1. The molecular formula is C15H16ClN. The maximum Gasteiger partial charge on any atom is 0.0410 e. The first-order valence-electron chi connectivity index (χ1n) is 5.93. The zero-order chi connectivity index (χ0) is 12.1.